The highest BCUT2D eigenvalue weighted by atomic mass is 32.2. The molecule has 5 nitrogen and oxygen atoms in total. The average molecular weight is 292 g/mol. The minimum atomic E-state index is -3.59. The van der Waals surface area contributed by atoms with E-state index in [0.29, 0.717) is 5.56 Å². The minimum absolute atomic E-state index is 0.154. The van der Waals surface area contributed by atoms with Gasteiger partial charge in [-0.05, 0) is 47.9 Å². The highest BCUT2D eigenvalue weighted by molar-refractivity contribution is 7.89. The zero-order valence-corrected chi connectivity index (χ0v) is 11.9. The smallest absolute Gasteiger partial charge is 0.240 e. The Balaban J connectivity index is 2.18. The van der Waals surface area contributed by atoms with E-state index >= 15 is 0 Å². The van der Waals surface area contributed by atoms with Gasteiger partial charge in [-0.15, -0.1) is 0 Å². The van der Waals surface area contributed by atoms with Crippen molar-refractivity contribution in [2.24, 2.45) is 0 Å². The van der Waals surface area contributed by atoms with E-state index in [-0.39, 0.29) is 18.0 Å². The molecule has 0 atom stereocenters. The molecule has 2 N–H and O–H groups in total. The Morgan fingerprint density at radius 2 is 1.90 bits per heavy atom. The Morgan fingerprint density at radius 3 is 2.55 bits per heavy atom. The van der Waals surface area contributed by atoms with Crippen molar-refractivity contribution >= 4 is 10.0 Å². The molecule has 0 aliphatic carbocycles. The third-order valence-electron chi connectivity index (χ3n) is 3.02. The summed E-state index contributed by atoms with van der Waals surface area (Å²) in [7, 11) is -3.59. The number of aryl methyl sites for hydroxylation is 1. The van der Waals surface area contributed by atoms with Gasteiger partial charge in [0.1, 0.15) is 0 Å². The largest absolute Gasteiger partial charge is 0.392 e. The van der Waals surface area contributed by atoms with E-state index in [9.17, 15) is 13.5 Å². The van der Waals surface area contributed by atoms with Gasteiger partial charge in [-0.3, -0.25) is 4.98 Å². The van der Waals surface area contributed by atoms with Crippen molar-refractivity contribution in [3.05, 3.63) is 59.4 Å². The molecule has 6 heteroatoms. The van der Waals surface area contributed by atoms with Gasteiger partial charge >= 0.3 is 0 Å². The van der Waals surface area contributed by atoms with E-state index in [1.54, 1.807) is 30.6 Å². The monoisotopic (exact) mass is 292 g/mol. The third kappa shape index (κ3) is 3.41. The van der Waals surface area contributed by atoms with Crippen LogP contribution in [0.1, 0.15) is 16.7 Å². The van der Waals surface area contributed by atoms with E-state index < -0.39 is 10.0 Å². The summed E-state index contributed by atoms with van der Waals surface area (Å²) in [6.45, 7) is 1.85. The van der Waals surface area contributed by atoms with Crippen LogP contribution >= 0.6 is 0 Å². The molecule has 2 rings (SSSR count). The van der Waals surface area contributed by atoms with Crippen LogP contribution in [0.3, 0.4) is 0 Å². The van der Waals surface area contributed by atoms with Gasteiger partial charge in [-0.2, -0.15) is 0 Å². The van der Waals surface area contributed by atoms with Crippen molar-refractivity contribution in [2.75, 3.05) is 0 Å². The van der Waals surface area contributed by atoms with Gasteiger partial charge in [0.05, 0.1) is 11.5 Å². The molecule has 1 aromatic carbocycles. The summed E-state index contributed by atoms with van der Waals surface area (Å²) in [6, 6.07) is 8.20. The summed E-state index contributed by atoms with van der Waals surface area (Å²) < 4.78 is 26.9. The lowest BCUT2D eigenvalue weighted by atomic mass is 10.1. The van der Waals surface area contributed by atoms with Gasteiger partial charge in [0.15, 0.2) is 0 Å². The highest BCUT2D eigenvalue weighted by Crippen LogP contribution is 2.16. The molecule has 0 saturated carbocycles. The molecule has 0 bridgehead atoms. The highest BCUT2D eigenvalue weighted by Gasteiger charge is 2.14. The first-order chi connectivity index (χ1) is 9.53. The predicted octanol–water partition coefficient (Wildman–Crippen LogP) is 1.36. The molecule has 0 radical (unpaired) electrons. The van der Waals surface area contributed by atoms with Crippen molar-refractivity contribution < 1.29 is 13.5 Å². The molecule has 20 heavy (non-hydrogen) atoms. The van der Waals surface area contributed by atoms with E-state index in [0.717, 1.165) is 11.1 Å². The summed E-state index contributed by atoms with van der Waals surface area (Å²) in [6.07, 6.45) is 3.22. The molecular weight excluding hydrogens is 276 g/mol. The summed E-state index contributed by atoms with van der Waals surface area (Å²) in [5.74, 6) is 0. The zero-order chi connectivity index (χ0) is 14.6. The normalized spacial score (nSPS) is 11.5. The molecule has 106 valence electrons. The van der Waals surface area contributed by atoms with Crippen LogP contribution in [0.2, 0.25) is 0 Å². The van der Waals surface area contributed by atoms with E-state index in [2.05, 4.69) is 9.71 Å². The van der Waals surface area contributed by atoms with Crippen molar-refractivity contribution in [3.8, 4) is 0 Å². The number of pyridine rings is 1. The number of hydrogen-bond acceptors (Lipinski definition) is 4. The van der Waals surface area contributed by atoms with E-state index in [1.807, 2.05) is 6.92 Å². The summed E-state index contributed by atoms with van der Waals surface area (Å²) >= 11 is 0. The van der Waals surface area contributed by atoms with Gasteiger partial charge in [0.25, 0.3) is 0 Å². The lowest BCUT2D eigenvalue weighted by molar-refractivity contribution is 0.280. The quantitative estimate of drug-likeness (QED) is 0.872. The molecule has 1 aromatic heterocycles. The first kappa shape index (κ1) is 14.6. The number of benzene rings is 1. The van der Waals surface area contributed by atoms with Crippen LogP contribution in [0.4, 0.5) is 0 Å². The topological polar surface area (TPSA) is 79.3 Å². The van der Waals surface area contributed by atoms with Crippen LogP contribution in [0.25, 0.3) is 0 Å². The Kier molecular flexibility index (Phi) is 4.49. The van der Waals surface area contributed by atoms with Crippen LogP contribution < -0.4 is 4.72 Å². The van der Waals surface area contributed by atoms with Gasteiger partial charge < -0.3 is 5.11 Å². The maximum Gasteiger partial charge on any atom is 0.240 e. The number of rotatable bonds is 5. The van der Waals surface area contributed by atoms with Crippen LogP contribution in [-0.4, -0.2) is 18.5 Å². The number of aliphatic hydroxyl groups is 1. The lowest BCUT2D eigenvalue weighted by Crippen LogP contribution is -2.23. The van der Waals surface area contributed by atoms with Crippen molar-refractivity contribution in [2.45, 2.75) is 25.0 Å². The fraction of sp³-hybridized carbons (Fsp3) is 0.214. The molecule has 0 aliphatic heterocycles. The average Bonchev–Trinajstić information content (AvgIpc) is 2.46. The minimum Gasteiger partial charge on any atom is -0.392 e. The second-order valence-electron chi connectivity index (χ2n) is 4.43. The standard InChI is InChI=1S/C14H16N2O3S/c1-11-2-3-14(8-13(11)10-17)20(18,19)16-9-12-4-6-15-7-5-12/h2-8,16-17H,9-10H2,1H3. The van der Waals surface area contributed by atoms with Crippen molar-refractivity contribution in [1.29, 1.82) is 0 Å². The maximum absolute atomic E-state index is 12.2. The van der Waals surface area contributed by atoms with Crippen LogP contribution in [-0.2, 0) is 23.2 Å². The Hall–Kier alpha value is -1.76. The predicted molar refractivity (Wildman–Crippen MR) is 75.4 cm³/mol. The fourth-order valence-corrected chi connectivity index (χ4v) is 2.82. The van der Waals surface area contributed by atoms with Gasteiger partial charge in [-0.25, -0.2) is 13.1 Å². The summed E-state index contributed by atoms with van der Waals surface area (Å²) in [5, 5.41) is 9.19. The molecule has 0 saturated heterocycles. The molecule has 0 fully saturated rings. The van der Waals surface area contributed by atoms with E-state index in [1.165, 1.54) is 12.1 Å². The van der Waals surface area contributed by atoms with Gasteiger partial charge in [-0.1, -0.05) is 6.07 Å². The fourth-order valence-electron chi connectivity index (χ4n) is 1.75. The van der Waals surface area contributed by atoms with Crippen LogP contribution in [0, 0.1) is 6.92 Å². The Morgan fingerprint density at radius 1 is 1.20 bits per heavy atom. The molecule has 2 aromatic rings. The second kappa shape index (κ2) is 6.13. The number of sulfonamides is 1. The first-order valence-electron chi connectivity index (χ1n) is 6.12. The van der Waals surface area contributed by atoms with Crippen LogP contribution in [0.5, 0.6) is 0 Å². The number of nitrogens with zero attached hydrogens (tertiary/aromatic N) is 1. The summed E-state index contributed by atoms with van der Waals surface area (Å²) in [5.41, 5.74) is 2.30. The maximum atomic E-state index is 12.2. The van der Waals surface area contributed by atoms with Crippen molar-refractivity contribution in [1.82, 2.24) is 9.71 Å². The van der Waals surface area contributed by atoms with Crippen molar-refractivity contribution in [3.63, 3.8) is 0 Å². The lowest BCUT2D eigenvalue weighted by Gasteiger charge is -2.09. The molecule has 1 heterocycles. The number of nitrogens with one attached hydrogen (secondary N) is 1. The molecular formula is C14H16N2O3S. The second-order valence-corrected chi connectivity index (χ2v) is 6.19. The molecule has 0 unspecified atom stereocenters. The van der Waals surface area contributed by atoms with Gasteiger partial charge in [0, 0.05) is 18.9 Å². The number of aromatic nitrogens is 1. The van der Waals surface area contributed by atoms with Crippen LogP contribution in [0.15, 0.2) is 47.6 Å². The molecule has 0 aliphatic rings. The van der Waals surface area contributed by atoms with E-state index in [4.69, 9.17) is 0 Å². The Bertz CT molecular complexity index is 685. The number of aliphatic hydroxyl groups excluding tert-OH is 1. The summed E-state index contributed by atoms with van der Waals surface area (Å²) in [4.78, 5) is 4.03. The van der Waals surface area contributed by atoms with Gasteiger partial charge in [0.2, 0.25) is 10.0 Å². The zero-order valence-electron chi connectivity index (χ0n) is 11.1. The first-order valence-corrected chi connectivity index (χ1v) is 7.60. The SMILES string of the molecule is Cc1ccc(S(=O)(=O)NCc2ccncc2)cc1CO. The third-order valence-corrected chi connectivity index (χ3v) is 4.42. The molecule has 0 spiro atoms. The Labute approximate surface area is 118 Å². The number of hydrogen-bond donors (Lipinski definition) is 2. The molecule has 0 amide bonds.